The van der Waals surface area contributed by atoms with Crippen LogP contribution in [0.3, 0.4) is 0 Å². The zero-order chi connectivity index (χ0) is 24.2. The van der Waals surface area contributed by atoms with Gasteiger partial charge in [0.1, 0.15) is 6.10 Å². The minimum atomic E-state index is -1.16. The molecule has 0 radical (unpaired) electrons. The summed E-state index contributed by atoms with van der Waals surface area (Å²) in [6, 6.07) is 25.2. The number of benzene rings is 3. The molecule has 2 bridgehead atoms. The molecule has 3 aromatic carbocycles. The van der Waals surface area contributed by atoms with Crippen LogP contribution in [-0.4, -0.2) is 55.2 Å². The van der Waals surface area contributed by atoms with Gasteiger partial charge in [0.25, 0.3) is 0 Å². The van der Waals surface area contributed by atoms with Crippen LogP contribution in [0.5, 0.6) is 0 Å². The number of esters is 3. The quantitative estimate of drug-likeness (QED) is 0.396. The second-order valence-electron chi connectivity index (χ2n) is 8.08. The van der Waals surface area contributed by atoms with E-state index >= 15 is 0 Å². The fourth-order valence-corrected chi connectivity index (χ4v) is 4.04. The van der Waals surface area contributed by atoms with Crippen LogP contribution in [0.15, 0.2) is 91.0 Å². The molecular formula is C27H22O8. The van der Waals surface area contributed by atoms with Gasteiger partial charge < -0.3 is 23.7 Å². The normalized spacial score (nSPS) is 24.9. The number of rotatable bonds is 6. The summed E-state index contributed by atoms with van der Waals surface area (Å²) in [6.45, 7) is 0.0795. The van der Waals surface area contributed by atoms with Crippen LogP contribution < -0.4 is 0 Å². The van der Waals surface area contributed by atoms with Crippen molar-refractivity contribution in [3.8, 4) is 0 Å². The molecule has 5 rings (SSSR count). The Balaban J connectivity index is 1.44. The maximum absolute atomic E-state index is 13.0. The molecule has 8 heteroatoms. The van der Waals surface area contributed by atoms with Crippen molar-refractivity contribution in [3.05, 3.63) is 108 Å². The molecule has 2 fully saturated rings. The Morgan fingerprint density at radius 1 is 0.571 bits per heavy atom. The molecule has 35 heavy (non-hydrogen) atoms. The van der Waals surface area contributed by atoms with Crippen LogP contribution in [0.1, 0.15) is 31.1 Å². The lowest BCUT2D eigenvalue weighted by molar-refractivity contribution is -0.228. The predicted octanol–water partition coefficient (Wildman–Crippen LogP) is 3.42. The Morgan fingerprint density at radius 2 is 0.971 bits per heavy atom. The van der Waals surface area contributed by atoms with E-state index in [0.717, 1.165) is 0 Å². The minimum Gasteiger partial charge on any atom is -0.452 e. The molecule has 2 aliphatic rings. The highest BCUT2D eigenvalue weighted by atomic mass is 16.8. The van der Waals surface area contributed by atoms with Gasteiger partial charge in [-0.15, -0.1) is 0 Å². The van der Waals surface area contributed by atoms with Crippen LogP contribution in [0.2, 0.25) is 0 Å². The summed E-state index contributed by atoms with van der Waals surface area (Å²) < 4.78 is 28.8. The zero-order valence-electron chi connectivity index (χ0n) is 18.5. The van der Waals surface area contributed by atoms with Gasteiger partial charge in [-0.05, 0) is 36.4 Å². The van der Waals surface area contributed by atoms with Crippen molar-refractivity contribution in [2.24, 2.45) is 0 Å². The van der Waals surface area contributed by atoms with Gasteiger partial charge >= 0.3 is 17.9 Å². The second-order valence-corrected chi connectivity index (χ2v) is 8.08. The monoisotopic (exact) mass is 474 g/mol. The second kappa shape index (κ2) is 10.1. The lowest BCUT2D eigenvalue weighted by Gasteiger charge is -2.39. The van der Waals surface area contributed by atoms with Crippen molar-refractivity contribution in [1.29, 1.82) is 0 Å². The third-order valence-corrected chi connectivity index (χ3v) is 5.77. The summed E-state index contributed by atoms with van der Waals surface area (Å²) in [4.78, 5) is 38.7. The van der Waals surface area contributed by atoms with Gasteiger partial charge in [0.2, 0.25) is 0 Å². The number of fused-ring (bicyclic) bond motifs is 2. The molecular weight excluding hydrogens is 452 g/mol. The van der Waals surface area contributed by atoms with Crippen LogP contribution in [0, 0.1) is 0 Å². The summed E-state index contributed by atoms with van der Waals surface area (Å²) in [5, 5.41) is 0. The largest absolute Gasteiger partial charge is 0.452 e. The van der Waals surface area contributed by atoms with Gasteiger partial charge in [0.15, 0.2) is 24.6 Å². The van der Waals surface area contributed by atoms with E-state index in [-0.39, 0.29) is 6.61 Å². The molecule has 2 saturated heterocycles. The Hall–Kier alpha value is -4.01. The van der Waals surface area contributed by atoms with Gasteiger partial charge in [-0.3, -0.25) is 0 Å². The number of carbonyl (C=O) groups is 3. The number of ether oxygens (including phenoxy) is 5. The lowest BCUT2D eigenvalue weighted by Crippen LogP contribution is -2.58. The van der Waals surface area contributed by atoms with Crippen molar-refractivity contribution in [1.82, 2.24) is 0 Å². The van der Waals surface area contributed by atoms with Gasteiger partial charge in [0, 0.05) is 0 Å². The van der Waals surface area contributed by atoms with Crippen LogP contribution >= 0.6 is 0 Å². The molecule has 2 heterocycles. The SMILES string of the molecule is O=C(O[C@H]1[C@@H](OC(=O)c2ccccc2)[C@H]2OC[C@@H](O2)[C@H]1OC(=O)c1ccccc1)c1ccccc1. The molecule has 0 aromatic heterocycles. The van der Waals surface area contributed by atoms with Crippen LogP contribution in [0.25, 0.3) is 0 Å². The van der Waals surface area contributed by atoms with E-state index in [0.29, 0.717) is 16.7 Å². The van der Waals surface area contributed by atoms with Crippen LogP contribution in [0.4, 0.5) is 0 Å². The smallest absolute Gasteiger partial charge is 0.338 e. The van der Waals surface area contributed by atoms with E-state index in [1.807, 2.05) is 0 Å². The average molecular weight is 474 g/mol. The molecule has 5 atom stereocenters. The maximum Gasteiger partial charge on any atom is 0.338 e. The van der Waals surface area contributed by atoms with Gasteiger partial charge in [-0.2, -0.15) is 0 Å². The van der Waals surface area contributed by atoms with E-state index in [1.165, 1.54) is 0 Å². The number of hydrogen-bond donors (Lipinski definition) is 0. The van der Waals surface area contributed by atoms with E-state index < -0.39 is 48.6 Å². The molecule has 8 nitrogen and oxygen atoms in total. The summed E-state index contributed by atoms with van der Waals surface area (Å²) >= 11 is 0. The third kappa shape index (κ3) is 4.94. The predicted molar refractivity (Wildman–Crippen MR) is 122 cm³/mol. The van der Waals surface area contributed by atoms with E-state index in [1.54, 1.807) is 91.0 Å². The molecule has 0 amide bonds. The molecule has 0 N–H and O–H groups in total. The first-order chi connectivity index (χ1) is 17.1. The first-order valence-electron chi connectivity index (χ1n) is 11.2. The molecule has 0 unspecified atom stereocenters. The van der Waals surface area contributed by atoms with Crippen molar-refractivity contribution in [2.75, 3.05) is 6.61 Å². The molecule has 0 spiro atoms. The van der Waals surface area contributed by atoms with Crippen molar-refractivity contribution in [3.63, 3.8) is 0 Å². The topological polar surface area (TPSA) is 97.4 Å². The fraction of sp³-hybridized carbons (Fsp3) is 0.222. The molecule has 0 aliphatic carbocycles. The molecule has 178 valence electrons. The number of carbonyl (C=O) groups excluding carboxylic acids is 3. The Morgan fingerprint density at radius 3 is 1.43 bits per heavy atom. The minimum absolute atomic E-state index is 0.0795. The standard InChI is InChI=1S/C27H22O8/c28-24(17-10-4-1-5-11-17)33-21-20-16-31-27(32-20)23(35-26(30)19-14-8-3-9-15-19)22(21)34-25(29)18-12-6-2-7-13-18/h1-15,20-23,27H,16H2/t20-,21-,22-,23-,27+/m1/s1. The maximum atomic E-state index is 13.0. The zero-order valence-corrected chi connectivity index (χ0v) is 18.5. The van der Waals surface area contributed by atoms with Gasteiger partial charge in [0.05, 0.1) is 23.3 Å². The van der Waals surface area contributed by atoms with Crippen molar-refractivity contribution in [2.45, 2.75) is 30.7 Å². The van der Waals surface area contributed by atoms with E-state index in [9.17, 15) is 14.4 Å². The number of hydrogen-bond acceptors (Lipinski definition) is 8. The van der Waals surface area contributed by atoms with Gasteiger partial charge in [-0.1, -0.05) is 54.6 Å². The first-order valence-corrected chi connectivity index (χ1v) is 11.2. The molecule has 0 saturated carbocycles. The highest BCUT2D eigenvalue weighted by molar-refractivity contribution is 5.91. The molecule has 2 aliphatic heterocycles. The Labute approximate surface area is 201 Å². The molecule has 3 aromatic rings. The van der Waals surface area contributed by atoms with Crippen LogP contribution in [-0.2, 0) is 23.7 Å². The Bertz CT molecular complexity index is 1110. The summed E-state index contributed by atoms with van der Waals surface area (Å²) in [5.74, 6) is -1.93. The van der Waals surface area contributed by atoms with E-state index in [2.05, 4.69) is 0 Å². The highest BCUT2D eigenvalue weighted by Crippen LogP contribution is 2.35. The lowest BCUT2D eigenvalue weighted by atomic mass is 9.99. The van der Waals surface area contributed by atoms with E-state index in [4.69, 9.17) is 23.7 Å². The highest BCUT2D eigenvalue weighted by Gasteiger charge is 2.56. The fourth-order valence-electron chi connectivity index (χ4n) is 4.04. The van der Waals surface area contributed by atoms with Crippen molar-refractivity contribution >= 4 is 17.9 Å². The Kier molecular flexibility index (Phi) is 6.56. The average Bonchev–Trinajstić information content (AvgIpc) is 3.35. The third-order valence-electron chi connectivity index (χ3n) is 5.77. The van der Waals surface area contributed by atoms with Gasteiger partial charge in [-0.25, -0.2) is 14.4 Å². The summed E-state index contributed by atoms with van der Waals surface area (Å²) in [5.41, 5.74) is 0.923. The van der Waals surface area contributed by atoms with Crippen molar-refractivity contribution < 1.29 is 38.1 Å². The summed E-state index contributed by atoms with van der Waals surface area (Å²) in [6.07, 6.45) is -5.07. The first kappa shape index (κ1) is 22.8. The summed E-state index contributed by atoms with van der Waals surface area (Å²) in [7, 11) is 0.